The summed E-state index contributed by atoms with van der Waals surface area (Å²) in [5.41, 5.74) is 2.43. The number of halogens is 1. The second-order valence-electron chi connectivity index (χ2n) is 2.82. The van der Waals surface area contributed by atoms with E-state index in [2.05, 4.69) is 9.97 Å². The second kappa shape index (κ2) is 2.78. The summed E-state index contributed by atoms with van der Waals surface area (Å²) >= 11 is 5.65. The molecule has 1 aliphatic rings. The van der Waals surface area contributed by atoms with Gasteiger partial charge < -0.3 is 0 Å². The lowest BCUT2D eigenvalue weighted by Gasteiger charge is -2.12. The van der Waals surface area contributed by atoms with E-state index in [0.29, 0.717) is 5.28 Å². The van der Waals surface area contributed by atoms with Crippen LogP contribution in [-0.2, 0) is 12.8 Å². The first-order valence-corrected chi connectivity index (χ1v) is 4.24. The fourth-order valence-corrected chi connectivity index (χ4v) is 1.60. The number of nitrogens with zero attached hydrogens (tertiary/aromatic N) is 2. The molecule has 0 saturated carbocycles. The topological polar surface area (TPSA) is 25.8 Å². The van der Waals surface area contributed by atoms with Crippen LogP contribution in [0.4, 0.5) is 0 Å². The number of hydrogen-bond donors (Lipinski definition) is 0. The highest BCUT2D eigenvalue weighted by Gasteiger charge is 2.10. The third kappa shape index (κ3) is 1.36. The third-order valence-electron chi connectivity index (χ3n) is 2.03. The van der Waals surface area contributed by atoms with Gasteiger partial charge in [0.2, 0.25) is 5.28 Å². The molecule has 0 amide bonds. The molecule has 2 nitrogen and oxygen atoms in total. The van der Waals surface area contributed by atoms with E-state index in [1.807, 2.05) is 6.20 Å². The standard InChI is InChI=1S/C8H9ClN2/c9-8-10-5-6-3-1-2-4-7(6)11-8/h5H,1-4H2. The molecule has 1 aromatic rings. The number of aromatic nitrogens is 2. The van der Waals surface area contributed by atoms with Gasteiger partial charge in [0.15, 0.2) is 0 Å². The van der Waals surface area contributed by atoms with Crippen LogP contribution in [0.5, 0.6) is 0 Å². The molecule has 1 heterocycles. The molecule has 0 saturated heterocycles. The average Bonchev–Trinajstić information content (AvgIpc) is 2.04. The average molecular weight is 169 g/mol. The molecule has 0 fully saturated rings. The summed E-state index contributed by atoms with van der Waals surface area (Å²) in [6, 6.07) is 0. The quantitative estimate of drug-likeness (QED) is 0.554. The third-order valence-corrected chi connectivity index (χ3v) is 2.22. The highest BCUT2D eigenvalue weighted by molar-refractivity contribution is 6.28. The van der Waals surface area contributed by atoms with Crippen molar-refractivity contribution in [3.05, 3.63) is 22.7 Å². The van der Waals surface area contributed by atoms with Crippen molar-refractivity contribution < 1.29 is 0 Å². The van der Waals surface area contributed by atoms with E-state index in [4.69, 9.17) is 11.6 Å². The van der Waals surface area contributed by atoms with Crippen molar-refractivity contribution in [2.24, 2.45) is 0 Å². The van der Waals surface area contributed by atoms with E-state index >= 15 is 0 Å². The fraction of sp³-hybridized carbons (Fsp3) is 0.500. The van der Waals surface area contributed by atoms with Gasteiger partial charge >= 0.3 is 0 Å². The molecule has 0 unspecified atom stereocenters. The molecule has 1 aromatic heterocycles. The molecule has 0 N–H and O–H groups in total. The van der Waals surface area contributed by atoms with Gasteiger partial charge in [-0.2, -0.15) is 0 Å². The molecule has 11 heavy (non-hydrogen) atoms. The normalized spacial score (nSPS) is 16.1. The van der Waals surface area contributed by atoms with E-state index in [1.54, 1.807) is 0 Å². The number of aryl methyl sites for hydroxylation is 2. The smallest absolute Gasteiger partial charge is 0.222 e. The molecule has 2 rings (SSSR count). The van der Waals surface area contributed by atoms with E-state index < -0.39 is 0 Å². The summed E-state index contributed by atoms with van der Waals surface area (Å²) in [7, 11) is 0. The van der Waals surface area contributed by atoms with Crippen molar-refractivity contribution in [2.75, 3.05) is 0 Å². The lowest BCUT2D eigenvalue weighted by atomic mass is 9.98. The van der Waals surface area contributed by atoms with Gasteiger partial charge in [-0.25, -0.2) is 9.97 Å². The van der Waals surface area contributed by atoms with Gasteiger partial charge in [-0.15, -0.1) is 0 Å². The molecule has 0 spiro atoms. The summed E-state index contributed by atoms with van der Waals surface area (Å²) in [5, 5.41) is 0.380. The van der Waals surface area contributed by atoms with Crippen LogP contribution in [0.25, 0.3) is 0 Å². The molecular weight excluding hydrogens is 160 g/mol. The predicted octanol–water partition coefficient (Wildman–Crippen LogP) is 2.01. The van der Waals surface area contributed by atoms with Gasteiger partial charge in [0.1, 0.15) is 0 Å². The Morgan fingerprint density at radius 2 is 2.09 bits per heavy atom. The van der Waals surface area contributed by atoms with E-state index in [1.165, 1.54) is 18.4 Å². The van der Waals surface area contributed by atoms with Crippen molar-refractivity contribution in [1.29, 1.82) is 0 Å². The summed E-state index contributed by atoms with van der Waals surface area (Å²) in [4.78, 5) is 8.11. The Morgan fingerprint density at radius 3 is 3.00 bits per heavy atom. The largest absolute Gasteiger partial charge is 0.226 e. The SMILES string of the molecule is Clc1ncc2c(n1)CCCC2. The van der Waals surface area contributed by atoms with E-state index in [0.717, 1.165) is 18.5 Å². The second-order valence-corrected chi connectivity index (χ2v) is 3.16. The summed E-state index contributed by atoms with van der Waals surface area (Å²) in [6.45, 7) is 0. The molecular formula is C8H9ClN2. The molecule has 3 heteroatoms. The zero-order valence-corrected chi connectivity index (χ0v) is 6.93. The fourth-order valence-electron chi connectivity index (χ4n) is 1.45. The monoisotopic (exact) mass is 168 g/mol. The maximum atomic E-state index is 5.65. The summed E-state index contributed by atoms with van der Waals surface area (Å²) < 4.78 is 0. The van der Waals surface area contributed by atoms with E-state index in [-0.39, 0.29) is 0 Å². The molecule has 0 aliphatic heterocycles. The zero-order valence-electron chi connectivity index (χ0n) is 6.18. The zero-order chi connectivity index (χ0) is 7.68. The van der Waals surface area contributed by atoms with Gasteiger partial charge in [0, 0.05) is 11.9 Å². The maximum Gasteiger partial charge on any atom is 0.222 e. The Kier molecular flexibility index (Phi) is 1.78. The number of hydrogen-bond acceptors (Lipinski definition) is 2. The van der Waals surface area contributed by atoms with Crippen LogP contribution in [0.15, 0.2) is 6.20 Å². The molecule has 0 bridgehead atoms. The molecule has 1 aliphatic carbocycles. The van der Waals surface area contributed by atoms with Gasteiger partial charge in [-0.05, 0) is 42.8 Å². The van der Waals surface area contributed by atoms with Crippen LogP contribution in [0, 0.1) is 0 Å². The maximum absolute atomic E-state index is 5.65. The van der Waals surface area contributed by atoms with Crippen LogP contribution in [-0.4, -0.2) is 9.97 Å². The van der Waals surface area contributed by atoms with Crippen molar-refractivity contribution in [1.82, 2.24) is 9.97 Å². The minimum Gasteiger partial charge on any atom is -0.226 e. The van der Waals surface area contributed by atoms with Crippen molar-refractivity contribution in [3.8, 4) is 0 Å². The van der Waals surface area contributed by atoms with Gasteiger partial charge in [-0.3, -0.25) is 0 Å². The van der Waals surface area contributed by atoms with E-state index in [9.17, 15) is 0 Å². The number of rotatable bonds is 0. The summed E-state index contributed by atoms with van der Waals surface area (Å²) in [6.07, 6.45) is 6.53. The van der Waals surface area contributed by atoms with Gasteiger partial charge in [0.25, 0.3) is 0 Å². The lowest BCUT2D eigenvalue weighted by molar-refractivity contribution is 0.662. The Labute approximate surface area is 70.6 Å². The molecule has 0 atom stereocenters. The van der Waals surface area contributed by atoms with Gasteiger partial charge in [-0.1, -0.05) is 0 Å². The highest BCUT2D eigenvalue weighted by Crippen LogP contribution is 2.19. The van der Waals surface area contributed by atoms with Crippen molar-refractivity contribution >= 4 is 11.6 Å². The van der Waals surface area contributed by atoms with Crippen LogP contribution >= 0.6 is 11.6 Å². The summed E-state index contributed by atoms with van der Waals surface area (Å²) in [5.74, 6) is 0. The Bertz CT molecular complexity index is 273. The predicted molar refractivity (Wildman–Crippen MR) is 43.7 cm³/mol. The molecule has 0 radical (unpaired) electrons. The Balaban J connectivity index is 2.43. The van der Waals surface area contributed by atoms with Crippen LogP contribution < -0.4 is 0 Å². The number of fused-ring (bicyclic) bond motifs is 1. The molecule has 0 aromatic carbocycles. The van der Waals surface area contributed by atoms with Crippen molar-refractivity contribution in [3.63, 3.8) is 0 Å². The first-order chi connectivity index (χ1) is 5.36. The first kappa shape index (κ1) is 7.04. The Hall–Kier alpha value is -0.630. The minimum atomic E-state index is 0.380. The highest BCUT2D eigenvalue weighted by atomic mass is 35.5. The molecule has 58 valence electrons. The van der Waals surface area contributed by atoms with Crippen molar-refractivity contribution in [2.45, 2.75) is 25.7 Å². The van der Waals surface area contributed by atoms with Crippen LogP contribution in [0.2, 0.25) is 5.28 Å². The minimum absolute atomic E-state index is 0.380. The van der Waals surface area contributed by atoms with Gasteiger partial charge in [0.05, 0.1) is 0 Å². The van der Waals surface area contributed by atoms with Crippen LogP contribution in [0.3, 0.4) is 0 Å². The Morgan fingerprint density at radius 1 is 1.27 bits per heavy atom. The lowest BCUT2D eigenvalue weighted by Crippen LogP contribution is -2.05. The first-order valence-electron chi connectivity index (χ1n) is 3.86. The van der Waals surface area contributed by atoms with Crippen LogP contribution in [0.1, 0.15) is 24.1 Å².